The summed E-state index contributed by atoms with van der Waals surface area (Å²) < 4.78 is 8.54. The molecule has 2 aromatic rings. The molecule has 7 heteroatoms. The first-order valence-electron chi connectivity index (χ1n) is 5.73. The molecule has 1 fully saturated rings. The maximum Gasteiger partial charge on any atom is 0.148 e. The van der Waals surface area contributed by atoms with Crippen LogP contribution in [0.2, 0.25) is 0 Å². The number of ether oxygens (including phenoxy) is 1. The van der Waals surface area contributed by atoms with Crippen molar-refractivity contribution in [3.63, 3.8) is 0 Å². The molecule has 3 heterocycles. The van der Waals surface area contributed by atoms with Crippen molar-refractivity contribution >= 4 is 32.8 Å². The Kier molecular flexibility index (Phi) is 2.96. The minimum Gasteiger partial charge on any atom is -0.394 e. The molecule has 3 N–H and O–H groups in total. The molecule has 2 unspecified atom stereocenters. The van der Waals surface area contributed by atoms with Crippen LogP contribution >= 0.6 is 15.9 Å². The number of aliphatic hydroxyl groups is 1. The zero-order valence-electron chi connectivity index (χ0n) is 9.58. The predicted molar refractivity (Wildman–Crippen MR) is 69.9 cm³/mol. The van der Waals surface area contributed by atoms with Gasteiger partial charge in [-0.2, -0.15) is 0 Å². The lowest BCUT2D eigenvalue weighted by Crippen LogP contribution is -2.14. The fourth-order valence-electron chi connectivity index (χ4n) is 2.31. The van der Waals surface area contributed by atoms with Gasteiger partial charge in [0.15, 0.2) is 0 Å². The number of anilines is 1. The molecule has 2 aromatic heterocycles. The number of nitrogens with two attached hydrogens (primary N) is 1. The number of halogens is 1. The van der Waals surface area contributed by atoms with E-state index in [4.69, 9.17) is 15.6 Å². The Morgan fingerprint density at radius 1 is 1.50 bits per heavy atom. The lowest BCUT2D eigenvalue weighted by molar-refractivity contribution is -0.0205. The predicted octanol–water partition coefficient (Wildman–Crippen LogP) is 1.45. The largest absolute Gasteiger partial charge is 0.394 e. The van der Waals surface area contributed by atoms with Crippen molar-refractivity contribution in [2.24, 2.45) is 0 Å². The van der Waals surface area contributed by atoms with Crippen molar-refractivity contribution < 1.29 is 9.84 Å². The summed E-state index contributed by atoms with van der Waals surface area (Å²) in [6.07, 6.45) is 4.85. The molecule has 6 nitrogen and oxygen atoms in total. The van der Waals surface area contributed by atoms with E-state index in [1.807, 2.05) is 10.8 Å². The molecule has 1 aliphatic heterocycles. The highest BCUT2D eigenvalue weighted by atomic mass is 79.9. The topological polar surface area (TPSA) is 86.2 Å². The normalized spacial score (nSPS) is 23.9. The Bertz CT molecular complexity index is 586. The van der Waals surface area contributed by atoms with Crippen LogP contribution in [0, 0.1) is 0 Å². The van der Waals surface area contributed by atoms with Gasteiger partial charge in [-0.05, 0) is 28.8 Å². The zero-order chi connectivity index (χ0) is 12.7. The van der Waals surface area contributed by atoms with E-state index in [9.17, 15) is 0 Å². The standard InChI is InChI=1S/C11H13BrN4O2/c12-7-3-16(8-2-1-6(4-17)18-8)11-9(7)10(13)14-5-15-11/h3,5-6,8,17H,1-2,4H2,(H2,13,14,15). The molecule has 3 rings (SSSR count). The molecule has 2 atom stereocenters. The third-order valence-corrected chi connectivity index (χ3v) is 3.79. The van der Waals surface area contributed by atoms with E-state index in [2.05, 4.69) is 25.9 Å². The summed E-state index contributed by atoms with van der Waals surface area (Å²) in [5, 5.41) is 9.90. The number of nitrogens with zero attached hydrogens (tertiary/aromatic N) is 3. The van der Waals surface area contributed by atoms with Crippen molar-refractivity contribution in [1.29, 1.82) is 0 Å². The van der Waals surface area contributed by atoms with Crippen molar-refractivity contribution in [3.8, 4) is 0 Å². The molecule has 0 aromatic carbocycles. The molecule has 18 heavy (non-hydrogen) atoms. The summed E-state index contributed by atoms with van der Waals surface area (Å²) >= 11 is 3.46. The molecule has 0 saturated carbocycles. The molecule has 1 saturated heterocycles. The summed E-state index contributed by atoms with van der Waals surface area (Å²) in [5.41, 5.74) is 6.60. The minimum atomic E-state index is -0.106. The molecule has 0 radical (unpaired) electrons. The van der Waals surface area contributed by atoms with E-state index in [0.717, 1.165) is 28.3 Å². The number of rotatable bonds is 2. The van der Waals surface area contributed by atoms with Gasteiger partial charge in [0.25, 0.3) is 0 Å². The van der Waals surface area contributed by atoms with E-state index >= 15 is 0 Å². The number of nitrogen functional groups attached to an aromatic ring is 1. The first kappa shape index (κ1) is 11.9. The Labute approximate surface area is 112 Å². The highest BCUT2D eigenvalue weighted by molar-refractivity contribution is 9.10. The van der Waals surface area contributed by atoms with E-state index in [1.165, 1.54) is 6.33 Å². The smallest absolute Gasteiger partial charge is 0.148 e. The number of aliphatic hydroxyl groups excluding tert-OH is 1. The number of aromatic nitrogens is 3. The van der Waals surface area contributed by atoms with E-state index in [-0.39, 0.29) is 18.9 Å². The third kappa shape index (κ3) is 1.79. The maximum absolute atomic E-state index is 9.10. The zero-order valence-corrected chi connectivity index (χ0v) is 11.2. The second-order valence-corrected chi connectivity index (χ2v) is 5.17. The van der Waals surface area contributed by atoms with E-state index in [0.29, 0.717) is 5.82 Å². The van der Waals surface area contributed by atoms with Gasteiger partial charge in [0.1, 0.15) is 24.0 Å². The highest BCUT2D eigenvalue weighted by Crippen LogP contribution is 2.35. The lowest BCUT2D eigenvalue weighted by Gasteiger charge is -2.14. The van der Waals surface area contributed by atoms with Crippen molar-refractivity contribution in [2.45, 2.75) is 25.2 Å². The summed E-state index contributed by atoms with van der Waals surface area (Å²) in [4.78, 5) is 8.24. The first-order valence-corrected chi connectivity index (χ1v) is 6.53. The van der Waals surface area contributed by atoms with Gasteiger partial charge in [0.05, 0.1) is 18.1 Å². The van der Waals surface area contributed by atoms with Gasteiger partial charge in [-0.1, -0.05) is 0 Å². The van der Waals surface area contributed by atoms with Gasteiger partial charge >= 0.3 is 0 Å². The Morgan fingerprint density at radius 2 is 2.33 bits per heavy atom. The highest BCUT2D eigenvalue weighted by Gasteiger charge is 2.28. The third-order valence-electron chi connectivity index (χ3n) is 3.19. The molecule has 0 amide bonds. The SMILES string of the molecule is Nc1ncnc2c1c(Br)cn2C1CCC(CO)O1. The summed E-state index contributed by atoms with van der Waals surface area (Å²) in [6, 6.07) is 0. The number of hydrogen-bond acceptors (Lipinski definition) is 5. The summed E-state index contributed by atoms with van der Waals surface area (Å²) in [5.74, 6) is 0.447. The van der Waals surface area contributed by atoms with E-state index in [1.54, 1.807) is 0 Å². The molecule has 0 aliphatic carbocycles. The van der Waals surface area contributed by atoms with Crippen molar-refractivity contribution in [1.82, 2.24) is 14.5 Å². The first-order chi connectivity index (χ1) is 8.70. The van der Waals surface area contributed by atoms with Crippen LogP contribution in [0.1, 0.15) is 19.1 Å². The molecule has 0 spiro atoms. The van der Waals surface area contributed by atoms with Gasteiger partial charge in [-0.3, -0.25) is 0 Å². The van der Waals surface area contributed by atoms with Crippen molar-refractivity contribution in [2.75, 3.05) is 12.3 Å². The second-order valence-electron chi connectivity index (χ2n) is 4.31. The summed E-state index contributed by atoms with van der Waals surface area (Å²) in [7, 11) is 0. The quantitative estimate of drug-likeness (QED) is 0.876. The lowest BCUT2D eigenvalue weighted by atomic mass is 10.2. The van der Waals surface area contributed by atoms with Crippen LogP contribution in [0.25, 0.3) is 11.0 Å². The van der Waals surface area contributed by atoms with E-state index < -0.39 is 0 Å². The minimum absolute atomic E-state index is 0.0496. The van der Waals surface area contributed by atoms with Gasteiger partial charge in [0, 0.05) is 10.7 Å². The molecule has 96 valence electrons. The Morgan fingerprint density at radius 3 is 3.06 bits per heavy atom. The fourth-order valence-corrected chi connectivity index (χ4v) is 2.91. The number of hydrogen-bond donors (Lipinski definition) is 2. The van der Waals surface area contributed by atoms with Crippen molar-refractivity contribution in [3.05, 3.63) is 17.0 Å². The van der Waals surface area contributed by atoms with Crippen LogP contribution in [0.15, 0.2) is 17.0 Å². The fraction of sp³-hybridized carbons (Fsp3) is 0.455. The van der Waals surface area contributed by atoms with Crippen LogP contribution in [0.4, 0.5) is 5.82 Å². The molecule has 1 aliphatic rings. The van der Waals surface area contributed by atoms with Crippen LogP contribution in [-0.4, -0.2) is 32.4 Å². The van der Waals surface area contributed by atoms with Gasteiger partial charge in [-0.25, -0.2) is 9.97 Å². The van der Waals surface area contributed by atoms with Crippen LogP contribution in [0.3, 0.4) is 0 Å². The molecular formula is C11H13BrN4O2. The average molecular weight is 313 g/mol. The molecular weight excluding hydrogens is 300 g/mol. The summed E-state index contributed by atoms with van der Waals surface area (Å²) in [6.45, 7) is 0.0496. The number of fused-ring (bicyclic) bond motifs is 1. The maximum atomic E-state index is 9.10. The van der Waals surface area contributed by atoms with Gasteiger partial charge in [0.2, 0.25) is 0 Å². The monoisotopic (exact) mass is 312 g/mol. The van der Waals surface area contributed by atoms with Crippen LogP contribution in [0.5, 0.6) is 0 Å². The van der Waals surface area contributed by atoms with Gasteiger partial charge in [-0.15, -0.1) is 0 Å². The van der Waals surface area contributed by atoms with Crippen LogP contribution < -0.4 is 5.73 Å². The Hall–Kier alpha value is -1.18. The Balaban J connectivity index is 2.06. The van der Waals surface area contributed by atoms with Gasteiger partial charge < -0.3 is 20.1 Å². The second kappa shape index (κ2) is 4.49. The average Bonchev–Trinajstić information content (AvgIpc) is 2.94. The van der Waals surface area contributed by atoms with Crippen LogP contribution in [-0.2, 0) is 4.74 Å². The molecule has 0 bridgehead atoms.